The zero-order valence-electron chi connectivity index (χ0n) is 20.0. The highest BCUT2D eigenvalue weighted by Crippen LogP contribution is 2.43. The summed E-state index contributed by atoms with van der Waals surface area (Å²) >= 11 is 0. The number of carbonyl (C=O) groups is 1. The maximum absolute atomic E-state index is 13.1. The van der Waals surface area contributed by atoms with Gasteiger partial charge in [0, 0.05) is 35.8 Å². The minimum atomic E-state index is -3.38. The van der Waals surface area contributed by atoms with E-state index in [9.17, 15) is 18.5 Å². The highest BCUT2D eigenvalue weighted by atomic mass is 32.2. The summed E-state index contributed by atoms with van der Waals surface area (Å²) in [6, 6.07) is 15.6. The van der Waals surface area contributed by atoms with Crippen LogP contribution in [-0.4, -0.2) is 42.6 Å². The molecule has 2 aliphatic rings. The smallest absolute Gasteiger partial charge is 0.253 e. The fourth-order valence-corrected chi connectivity index (χ4v) is 6.30. The number of amides is 1. The Kier molecular flexibility index (Phi) is 6.28. The second-order valence-corrected chi connectivity index (χ2v) is 11.4. The summed E-state index contributed by atoms with van der Waals surface area (Å²) in [4.78, 5) is 15.0. The molecular formula is C27H30N4O3S. The third-order valence-electron chi connectivity index (χ3n) is 7.10. The number of nitrogens with one attached hydrogen (secondary N) is 1. The van der Waals surface area contributed by atoms with Crippen LogP contribution >= 0.6 is 0 Å². The molecule has 1 aromatic heterocycles. The number of nitriles is 1. The number of likely N-dealkylation sites (tertiary alicyclic amines) is 1. The highest BCUT2D eigenvalue weighted by Gasteiger charge is 2.29. The average molecular weight is 491 g/mol. The van der Waals surface area contributed by atoms with Gasteiger partial charge >= 0.3 is 0 Å². The minimum absolute atomic E-state index is 0.0505. The summed E-state index contributed by atoms with van der Waals surface area (Å²) in [5.41, 5.74) is 4.36. The molecule has 0 unspecified atom stereocenters. The SMILES string of the molecule is CCCS(=O)(=O)Nc1ccc(-c2c(C#N)c3ccc(C(=O)N4CCCC4)cc3n2C2CCC2)cc1. The molecule has 0 radical (unpaired) electrons. The summed E-state index contributed by atoms with van der Waals surface area (Å²) < 4.78 is 29.2. The molecule has 0 atom stereocenters. The molecule has 8 heteroatoms. The number of nitrogens with zero attached hydrogens (tertiary/aromatic N) is 3. The van der Waals surface area contributed by atoms with E-state index in [4.69, 9.17) is 0 Å². The number of anilines is 1. The number of hydrogen-bond acceptors (Lipinski definition) is 4. The van der Waals surface area contributed by atoms with Crippen molar-refractivity contribution in [2.75, 3.05) is 23.6 Å². The molecule has 1 saturated carbocycles. The fraction of sp³-hybridized carbons (Fsp3) is 0.407. The first-order chi connectivity index (χ1) is 16.9. The van der Waals surface area contributed by atoms with Gasteiger partial charge in [-0.1, -0.05) is 25.1 Å². The maximum atomic E-state index is 13.1. The largest absolute Gasteiger partial charge is 0.339 e. The molecule has 0 spiro atoms. The van der Waals surface area contributed by atoms with E-state index in [1.165, 1.54) is 0 Å². The van der Waals surface area contributed by atoms with Crippen LogP contribution in [0.15, 0.2) is 42.5 Å². The lowest BCUT2D eigenvalue weighted by molar-refractivity contribution is 0.0793. The van der Waals surface area contributed by atoms with Crippen molar-refractivity contribution >= 4 is 32.5 Å². The zero-order valence-corrected chi connectivity index (χ0v) is 20.8. The molecule has 2 aromatic carbocycles. The fourth-order valence-electron chi connectivity index (χ4n) is 5.16. The van der Waals surface area contributed by atoms with Crippen LogP contribution in [0.5, 0.6) is 0 Å². The van der Waals surface area contributed by atoms with Gasteiger partial charge in [0.1, 0.15) is 6.07 Å². The Morgan fingerprint density at radius 3 is 2.40 bits per heavy atom. The quantitative estimate of drug-likeness (QED) is 0.487. The maximum Gasteiger partial charge on any atom is 0.253 e. The van der Waals surface area contributed by atoms with E-state index in [1.807, 2.05) is 42.2 Å². The van der Waals surface area contributed by atoms with E-state index < -0.39 is 10.0 Å². The Hall–Kier alpha value is -3.31. The van der Waals surface area contributed by atoms with E-state index >= 15 is 0 Å². The third kappa shape index (κ3) is 4.41. The Morgan fingerprint density at radius 1 is 1.09 bits per heavy atom. The summed E-state index contributed by atoms with van der Waals surface area (Å²) in [6.07, 6.45) is 5.82. The van der Waals surface area contributed by atoms with Crippen molar-refractivity contribution in [1.29, 1.82) is 5.26 Å². The van der Waals surface area contributed by atoms with E-state index in [1.54, 1.807) is 12.1 Å². The molecular weight excluding hydrogens is 460 g/mol. The number of aromatic nitrogens is 1. The van der Waals surface area contributed by atoms with Crippen LogP contribution in [-0.2, 0) is 10.0 Å². The van der Waals surface area contributed by atoms with Gasteiger partial charge in [-0.2, -0.15) is 5.26 Å². The van der Waals surface area contributed by atoms with Gasteiger partial charge in [0.15, 0.2) is 0 Å². The van der Waals surface area contributed by atoms with E-state index in [2.05, 4.69) is 15.4 Å². The van der Waals surface area contributed by atoms with Crippen LogP contribution in [0.1, 0.15) is 67.4 Å². The van der Waals surface area contributed by atoms with Gasteiger partial charge in [-0.05, 0) is 68.4 Å². The van der Waals surface area contributed by atoms with E-state index in [0.717, 1.165) is 67.4 Å². The molecule has 1 aliphatic heterocycles. The van der Waals surface area contributed by atoms with Crippen LogP contribution in [0, 0.1) is 11.3 Å². The summed E-state index contributed by atoms with van der Waals surface area (Å²) in [5.74, 6) is 0.122. The first kappa shape index (κ1) is 23.4. The predicted molar refractivity (Wildman–Crippen MR) is 138 cm³/mol. The number of carbonyl (C=O) groups excluding carboxylic acids is 1. The van der Waals surface area contributed by atoms with Gasteiger partial charge < -0.3 is 9.47 Å². The molecule has 5 rings (SSSR count). The van der Waals surface area contributed by atoms with Crippen molar-refractivity contribution in [1.82, 2.24) is 9.47 Å². The molecule has 1 saturated heterocycles. The van der Waals surface area contributed by atoms with Crippen molar-refractivity contribution in [3.05, 3.63) is 53.6 Å². The summed E-state index contributed by atoms with van der Waals surface area (Å²) in [6.45, 7) is 3.42. The number of hydrogen-bond donors (Lipinski definition) is 1. The average Bonchev–Trinajstić information content (AvgIpc) is 3.44. The molecule has 182 valence electrons. The highest BCUT2D eigenvalue weighted by molar-refractivity contribution is 7.92. The van der Waals surface area contributed by atoms with Gasteiger partial charge in [-0.15, -0.1) is 0 Å². The Morgan fingerprint density at radius 2 is 1.80 bits per heavy atom. The Labute approximate surface area is 206 Å². The number of sulfonamides is 1. The lowest BCUT2D eigenvalue weighted by Crippen LogP contribution is -2.27. The van der Waals surface area contributed by atoms with Crippen LogP contribution in [0.3, 0.4) is 0 Å². The zero-order chi connectivity index (χ0) is 24.6. The molecule has 0 bridgehead atoms. The molecule has 3 aromatic rings. The van der Waals surface area contributed by atoms with Crippen molar-refractivity contribution in [3.63, 3.8) is 0 Å². The minimum Gasteiger partial charge on any atom is -0.339 e. The van der Waals surface area contributed by atoms with Crippen LogP contribution in [0.4, 0.5) is 5.69 Å². The van der Waals surface area contributed by atoms with Gasteiger partial charge in [0.25, 0.3) is 5.91 Å². The van der Waals surface area contributed by atoms with Gasteiger partial charge in [-0.3, -0.25) is 9.52 Å². The second kappa shape index (κ2) is 9.38. The molecule has 35 heavy (non-hydrogen) atoms. The molecule has 7 nitrogen and oxygen atoms in total. The Bertz CT molecular complexity index is 1410. The lowest BCUT2D eigenvalue weighted by atomic mass is 9.92. The first-order valence-electron chi connectivity index (χ1n) is 12.4. The number of fused-ring (bicyclic) bond motifs is 1. The van der Waals surface area contributed by atoms with Crippen LogP contribution in [0.25, 0.3) is 22.2 Å². The predicted octanol–water partition coefficient (Wildman–Crippen LogP) is 5.29. The Balaban J connectivity index is 1.59. The first-order valence-corrected chi connectivity index (χ1v) is 14.1. The monoisotopic (exact) mass is 490 g/mol. The van der Waals surface area contributed by atoms with Gasteiger partial charge in [0.2, 0.25) is 10.0 Å². The second-order valence-electron chi connectivity index (χ2n) is 9.52. The standard InChI is InChI=1S/C27H30N4O3S/c1-2-16-35(33,34)29-21-11-8-19(9-12-21)26-24(18-28)23-13-10-20(27(32)30-14-3-4-15-30)17-25(23)31(26)22-6-5-7-22/h8-13,17,22,29H,2-7,14-16H2,1H3. The van der Waals surface area contributed by atoms with E-state index in [0.29, 0.717) is 23.2 Å². The van der Waals surface area contributed by atoms with Gasteiger partial charge in [0.05, 0.1) is 22.5 Å². The van der Waals surface area contributed by atoms with Crippen molar-refractivity contribution < 1.29 is 13.2 Å². The normalized spacial score (nSPS) is 16.3. The lowest BCUT2D eigenvalue weighted by Gasteiger charge is -2.30. The number of benzene rings is 2. The topological polar surface area (TPSA) is 95.2 Å². The molecule has 2 heterocycles. The summed E-state index contributed by atoms with van der Waals surface area (Å²) in [5, 5.41) is 11.0. The third-order valence-corrected chi connectivity index (χ3v) is 8.59. The number of rotatable bonds is 7. The van der Waals surface area contributed by atoms with Gasteiger partial charge in [-0.25, -0.2) is 8.42 Å². The molecule has 2 fully saturated rings. The van der Waals surface area contributed by atoms with E-state index in [-0.39, 0.29) is 17.7 Å². The molecule has 1 amide bonds. The van der Waals surface area contributed by atoms with Crippen molar-refractivity contribution in [3.8, 4) is 17.3 Å². The van der Waals surface area contributed by atoms with Crippen molar-refractivity contribution in [2.45, 2.75) is 51.5 Å². The van der Waals surface area contributed by atoms with Crippen LogP contribution in [0.2, 0.25) is 0 Å². The van der Waals surface area contributed by atoms with Crippen molar-refractivity contribution in [2.24, 2.45) is 0 Å². The van der Waals surface area contributed by atoms with Crippen LogP contribution < -0.4 is 4.72 Å². The molecule has 1 aliphatic carbocycles. The summed E-state index contributed by atoms with van der Waals surface area (Å²) in [7, 11) is -3.38. The molecule has 1 N–H and O–H groups in total.